The lowest BCUT2D eigenvalue weighted by Crippen LogP contribution is -2.65. The van der Waals surface area contributed by atoms with Crippen LogP contribution in [0.15, 0.2) is 42.7 Å². The van der Waals surface area contributed by atoms with Gasteiger partial charge < -0.3 is 29.0 Å². The van der Waals surface area contributed by atoms with Gasteiger partial charge in [-0.2, -0.15) is 0 Å². The quantitative estimate of drug-likeness (QED) is 0.146. The van der Waals surface area contributed by atoms with Crippen LogP contribution in [0.3, 0.4) is 0 Å². The molecule has 1 N–H and O–H groups in total. The van der Waals surface area contributed by atoms with Crippen molar-refractivity contribution in [3.8, 4) is 0 Å². The van der Waals surface area contributed by atoms with Crippen molar-refractivity contribution in [2.45, 2.75) is 89.8 Å². The average Bonchev–Trinajstić information content (AvgIpc) is 2.86. The van der Waals surface area contributed by atoms with Crippen molar-refractivity contribution in [1.82, 2.24) is 5.32 Å². The van der Waals surface area contributed by atoms with Crippen LogP contribution >= 0.6 is 11.8 Å². The van der Waals surface area contributed by atoms with Crippen molar-refractivity contribution in [2.24, 2.45) is 0 Å². The highest BCUT2D eigenvalue weighted by atomic mass is 32.2. The molecule has 5 unspecified atom stereocenters. The van der Waals surface area contributed by atoms with Crippen LogP contribution in [0.5, 0.6) is 0 Å². The number of allylic oxidation sites excluding steroid dienone is 1. The highest BCUT2D eigenvalue weighted by Gasteiger charge is 2.50. The largest absolute Gasteiger partial charge is 0.494 e. The smallest absolute Gasteiger partial charge is 0.303 e. The molecule has 11 heteroatoms. The monoisotopic (exact) mass is 565 g/mol. The van der Waals surface area contributed by atoms with Gasteiger partial charge >= 0.3 is 17.9 Å². The number of esters is 3. The molecule has 0 saturated carbocycles. The van der Waals surface area contributed by atoms with Gasteiger partial charge in [-0.25, -0.2) is 0 Å². The van der Waals surface area contributed by atoms with Crippen LogP contribution in [0.1, 0.15) is 58.9 Å². The number of thioether (sulfide) groups is 1. The van der Waals surface area contributed by atoms with E-state index >= 15 is 0 Å². The number of rotatable bonds is 15. The number of hydrogen-bond donors (Lipinski definition) is 1. The second-order valence-corrected chi connectivity index (χ2v) is 10.4. The summed E-state index contributed by atoms with van der Waals surface area (Å²) in [5.41, 5.74) is 0.445. The maximum atomic E-state index is 12.0. The van der Waals surface area contributed by atoms with Crippen LogP contribution in [-0.2, 0) is 49.5 Å². The maximum absolute atomic E-state index is 12.0. The Balaban J connectivity index is 1.96. The third-order valence-electron chi connectivity index (χ3n) is 5.74. The molecule has 1 amide bonds. The summed E-state index contributed by atoms with van der Waals surface area (Å²) in [7, 11) is 0. The fraction of sp³-hybridized carbons (Fsp3) is 0.571. The molecule has 0 aromatic heterocycles. The van der Waals surface area contributed by atoms with E-state index in [4.69, 9.17) is 23.7 Å². The number of hydrogen-bond acceptors (Lipinski definition) is 10. The molecule has 1 heterocycles. The van der Waals surface area contributed by atoms with E-state index in [1.165, 1.54) is 39.5 Å². The van der Waals surface area contributed by atoms with E-state index in [1.54, 1.807) is 0 Å². The standard InChI is InChI=1S/C28H39NO9S/c1-18(34-16-23-13-9-6-10-14-23)12-8-7-11-15-39-28-25(29-19(2)30)27(37-22(5)33)26(36-21(4)32)24(38-28)17-35-20(3)31/h6,9-10,13-14,24-28H,1,7-8,11-12,15-17H2,2-5H3,(H,29,30). The Hall–Kier alpha value is -3.05. The topological polar surface area (TPSA) is 126 Å². The van der Waals surface area contributed by atoms with Crippen LogP contribution in [0.25, 0.3) is 0 Å². The van der Waals surface area contributed by atoms with Gasteiger partial charge in [0.2, 0.25) is 5.91 Å². The van der Waals surface area contributed by atoms with E-state index < -0.39 is 47.7 Å². The lowest BCUT2D eigenvalue weighted by atomic mass is 9.97. The van der Waals surface area contributed by atoms with Crippen molar-refractivity contribution in [2.75, 3.05) is 12.4 Å². The SMILES string of the molecule is C=C(CCCCCSC1OC(COC(C)=O)C(OC(C)=O)C(OC(C)=O)C1NC(C)=O)OCc1ccccc1. The predicted molar refractivity (Wildman–Crippen MR) is 145 cm³/mol. The van der Waals surface area contributed by atoms with Gasteiger partial charge in [0.05, 0.1) is 5.76 Å². The Bertz CT molecular complexity index is 971. The first kappa shape index (κ1) is 32.2. The molecule has 0 radical (unpaired) electrons. The summed E-state index contributed by atoms with van der Waals surface area (Å²) in [6.07, 6.45) is 0.397. The Morgan fingerprint density at radius 1 is 0.897 bits per heavy atom. The summed E-state index contributed by atoms with van der Waals surface area (Å²) >= 11 is 1.44. The van der Waals surface area contributed by atoms with Crippen molar-refractivity contribution >= 4 is 35.6 Å². The summed E-state index contributed by atoms with van der Waals surface area (Å²) in [5.74, 6) is -0.715. The molecule has 0 aliphatic carbocycles. The van der Waals surface area contributed by atoms with Crippen LogP contribution < -0.4 is 5.32 Å². The first-order valence-electron chi connectivity index (χ1n) is 12.9. The minimum atomic E-state index is -1.08. The molecule has 1 aromatic carbocycles. The molecule has 0 bridgehead atoms. The molecule has 2 rings (SSSR count). The lowest BCUT2D eigenvalue weighted by molar-refractivity contribution is -0.211. The Kier molecular flexibility index (Phi) is 13.9. The van der Waals surface area contributed by atoms with Gasteiger partial charge in [0.1, 0.15) is 30.8 Å². The van der Waals surface area contributed by atoms with Crippen molar-refractivity contribution in [3.05, 3.63) is 48.2 Å². The first-order chi connectivity index (χ1) is 18.6. The average molecular weight is 566 g/mol. The second-order valence-electron chi connectivity index (χ2n) is 9.21. The van der Waals surface area contributed by atoms with Gasteiger partial charge in [-0.3, -0.25) is 19.2 Å². The number of nitrogens with one attached hydrogen (secondary N) is 1. The Labute approximate surface area is 234 Å². The van der Waals surface area contributed by atoms with Crippen LogP contribution in [0.4, 0.5) is 0 Å². The molecule has 1 aromatic rings. The fourth-order valence-corrected chi connectivity index (χ4v) is 5.32. The highest BCUT2D eigenvalue weighted by Crippen LogP contribution is 2.33. The Morgan fingerprint density at radius 2 is 1.56 bits per heavy atom. The normalized spacial score (nSPS) is 22.3. The summed E-state index contributed by atoms with van der Waals surface area (Å²) in [6.45, 7) is 9.31. The molecular weight excluding hydrogens is 526 g/mol. The van der Waals surface area contributed by atoms with E-state index in [0.717, 1.165) is 37.0 Å². The molecule has 5 atom stereocenters. The third kappa shape index (κ3) is 12.1. The summed E-state index contributed by atoms with van der Waals surface area (Å²) in [5, 5.41) is 2.78. The van der Waals surface area contributed by atoms with E-state index in [9.17, 15) is 19.2 Å². The molecule has 0 spiro atoms. The molecule has 1 saturated heterocycles. The van der Waals surface area contributed by atoms with Crippen molar-refractivity contribution < 1.29 is 42.9 Å². The summed E-state index contributed by atoms with van der Waals surface area (Å²) in [6, 6.07) is 9.11. The molecule has 216 valence electrons. The maximum Gasteiger partial charge on any atom is 0.303 e. The van der Waals surface area contributed by atoms with Gasteiger partial charge in [0.15, 0.2) is 12.2 Å². The number of ether oxygens (including phenoxy) is 5. The van der Waals surface area contributed by atoms with Gasteiger partial charge in [-0.15, -0.1) is 11.8 Å². The minimum absolute atomic E-state index is 0.208. The predicted octanol–water partition coefficient (Wildman–Crippen LogP) is 3.67. The molecule has 39 heavy (non-hydrogen) atoms. The molecule has 1 fully saturated rings. The zero-order valence-electron chi connectivity index (χ0n) is 23.0. The molecule has 1 aliphatic heterocycles. The molecule has 10 nitrogen and oxygen atoms in total. The van der Waals surface area contributed by atoms with E-state index in [0.29, 0.717) is 12.4 Å². The van der Waals surface area contributed by atoms with Crippen molar-refractivity contribution in [1.29, 1.82) is 0 Å². The van der Waals surface area contributed by atoms with Gasteiger partial charge in [-0.1, -0.05) is 43.3 Å². The molecule has 1 aliphatic rings. The van der Waals surface area contributed by atoms with Crippen LogP contribution in [0, 0.1) is 0 Å². The summed E-state index contributed by atoms with van der Waals surface area (Å²) < 4.78 is 28.0. The van der Waals surface area contributed by atoms with E-state index in [1.807, 2.05) is 30.3 Å². The number of carbonyl (C=O) groups excluding carboxylic acids is 4. The first-order valence-corrected chi connectivity index (χ1v) is 14.0. The number of carbonyl (C=O) groups is 4. The number of benzene rings is 1. The number of unbranched alkanes of at least 4 members (excludes halogenated alkanes) is 2. The van der Waals surface area contributed by atoms with Gasteiger partial charge in [0.25, 0.3) is 0 Å². The summed E-state index contributed by atoms with van der Waals surface area (Å²) in [4.78, 5) is 47.3. The number of amides is 1. The van der Waals surface area contributed by atoms with E-state index in [-0.39, 0.29) is 12.5 Å². The van der Waals surface area contributed by atoms with Crippen molar-refractivity contribution in [3.63, 3.8) is 0 Å². The van der Waals surface area contributed by atoms with Crippen LogP contribution in [-0.4, -0.2) is 66.0 Å². The highest BCUT2D eigenvalue weighted by molar-refractivity contribution is 7.99. The molecular formula is C28H39NO9S. The second kappa shape index (κ2) is 16.8. The fourth-order valence-electron chi connectivity index (χ4n) is 4.07. The Morgan fingerprint density at radius 3 is 2.18 bits per heavy atom. The zero-order valence-corrected chi connectivity index (χ0v) is 23.8. The zero-order chi connectivity index (χ0) is 28.8. The third-order valence-corrected chi connectivity index (χ3v) is 7.00. The van der Waals surface area contributed by atoms with E-state index in [2.05, 4.69) is 11.9 Å². The van der Waals surface area contributed by atoms with Gasteiger partial charge in [0, 0.05) is 34.1 Å². The van der Waals surface area contributed by atoms with Crippen LogP contribution in [0.2, 0.25) is 0 Å². The lowest BCUT2D eigenvalue weighted by Gasteiger charge is -2.45. The van der Waals surface area contributed by atoms with Gasteiger partial charge in [-0.05, 0) is 24.2 Å². The minimum Gasteiger partial charge on any atom is -0.494 e.